The number of benzene rings is 1. The summed E-state index contributed by atoms with van der Waals surface area (Å²) >= 11 is 0. The van der Waals surface area contributed by atoms with E-state index in [9.17, 15) is 27.6 Å². The summed E-state index contributed by atoms with van der Waals surface area (Å²) < 4.78 is 40.9. The van der Waals surface area contributed by atoms with Gasteiger partial charge in [-0.1, -0.05) is 19.9 Å². The van der Waals surface area contributed by atoms with Gasteiger partial charge in [0.05, 0.1) is 0 Å². The van der Waals surface area contributed by atoms with Crippen LogP contribution in [0.25, 0.3) is 0 Å². The van der Waals surface area contributed by atoms with E-state index in [1.807, 2.05) is 0 Å². The average molecular weight is 401 g/mol. The van der Waals surface area contributed by atoms with E-state index in [4.69, 9.17) is 0 Å². The van der Waals surface area contributed by atoms with Crippen molar-refractivity contribution in [3.8, 4) is 5.75 Å². The third-order valence-electron chi connectivity index (χ3n) is 4.13. The number of halogens is 3. The summed E-state index contributed by atoms with van der Waals surface area (Å²) in [5, 5.41) is 5.23. The van der Waals surface area contributed by atoms with Gasteiger partial charge in [-0.05, 0) is 18.6 Å². The minimum atomic E-state index is -4.83. The fourth-order valence-corrected chi connectivity index (χ4v) is 2.73. The summed E-state index contributed by atoms with van der Waals surface area (Å²) in [7, 11) is 0. The molecule has 1 aliphatic rings. The topological polar surface area (TPSA) is 87.7 Å². The standard InChI is InChI=1S/C18H22F3N3O4/c1-11(2)15(25)22-7-8-23-16(26)14-6-9-24(17(14)27)12-4-3-5-13(10-12)28-18(19,20)21/h3-5,10-11,14H,6-9H2,1-2H3,(H,22,25)(H,23,26)/t14-/m0/s1. The molecular weight excluding hydrogens is 379 g/mol. The van der Waals surface area contributed by atoms with Gasteiger partial charge < -0.3 is 20.3 Å². The molecule has 1 aliphatic heterocycles. The first-order chi connectivity index (χ1) is 13.1. The lowest BCUT2D eigenvalue weighted by atomic mass is 10.1. The number of rotatable bonds is 7. The van der Waals surface area contributed by atoms with Crippen molar-refractivity contribution in [2.45, 2.75) is 26.6 Å². The number of hydrogen-bond acceptors (Lipinski definition) is 4. The van der Waals surface area contributed by atoms with Crippen molar-refractivity contribution in [3.05, 3.63) is 24.3 Å². The molecule has 0 aromatic heterocycles. The molecule has 1 aromatic rings. The van der Waals surface area contributed by atoms with Gasteiger partial charge in [0.25, 0.3) is 0 Å². The van der Waals surface area contributed by atoms with Crippen LogP contribution in [0.1, 0.15) is 20.3 Å². The Labute approximate surface area is 160 Å². The van der Waals surface area contributed by atoms with E-state index in [2.05, 4.69) is 15.4 Å². The SMILES string of the molecule is CC(C)C(=O)NCCNC(=O)[C@@H]1CCN(c2cccc(OC(F)(F)F)c2)C1=O. The molecule has 10 heteroatoms. The fraction of sp³-hybridized carbons (Fsp3) is 0.500. The van der Waals surface area contributed by atoms with Crippen LogP contribution in [0.3, 0.4) is 0 Å². The summed E-state index contributed by atoms with van der Waals surface area (Å²) in [5.41, 5.74) is 0.228. The molecule has 1 saturated heterocycles. The van der Waals surface area contributed by atoms with Gasteiger partial charge in [0.15, 0.2) is 0 Å². The molecule has 0 radical (unpaired) electrons. The number of anilines is 1. The molecule has 2 rings (SSSR count). The Morgan fingerprint density at radius 2 is 1.93 bits per heavy atom. The van der Waals surface area contributed by atoms with Crippen LogP contribution in [-0.2, 0) is 14.4 Å². The monoisotopic (exact) mass is 401 g/mol. The lowest BCUT2D eigenvalue weighted by Crippen LogP contribution is -2.41. The molecule has 0 bridgehead atoms. The highest BCUT2D eigenvalue weighted by atomic mass is 19.4. The second-order valence-electron chi connectivity index (χ2n) is 6.61. The molecular formula is C18H22F3N3O4. The zero-order chi connectivity index (χ0) is 20.9. The van der Waals surface area contributed by atoms with Crippen molar-refractivity contribution in [1.29, 1.82) is 0 Å². The van der Waals surface area contributed by atoms with Crippen molar-refractivity contribution in [1.82, 2.24) is 10.6 Å². The van der Waals surface area contributed by atoms with E-state index >= 15 is 0 Å². The summed E-state index contributed by atoms with van der Waals surface area (Å²) in [6.45, 7) is 4.11. The fourth-order valence-electron chi connectivity index (χ4n) is 2.73. The van der Waals surface area contributed by atoms with Crippen molar-refractivity contribution < 1.29 is 32.3 Å². The van der Waals surface area contributed by atoms with E-state index in [0.717, 1.165) is 12.1 Å². The highest BCUT2D eigenvalue weighted by Crippen LogP contribution is 2.30. The Hall–Kier alpha value is -2.78. The molecule has 1 fully saturated rings. The van der Waals surface area contributed by atoms with Crippen molar-refractivity contribution in [2.24, 2.45) is 11.8 Å². The minimum absolute atomic E-state index is 0.140. The number of ether oxygens (including phenoxy) is 1. The molecule has 28 heavy (non-hydrogen) atoms. The van der Waals surface area contributed by atoms with Crippen LogP contribution < -0.4 is 20.3 Å². The molecule has 1 aromatic carbocycles. The molecule has 0 saturated carbocycles. The number of carbonyl (C=O) groups excluding carboxylic acids is 3. The highest BCUT2D eigenvalue weighted by molar-refractivity contribution is 6.09. The van der Waals surface area contributed by atoms with Crippen LogP contribution in [0.5, 0.6) is 5.75 Å². The van der Waals surface area contributed by atoms with E-state index < -0.39 is 29.8 Å². The first-order valence-corrected chi connectivity index (χ1v) is 8.81. The second kappa shape index (κ2) is 8.94. The molecule has 1 atom stereocenters. The van der Waals surface area contributed by atoms with Crippen molar-refractivity contribution >= 4 is 23.4 Å². The molecule has 7 nitrogen and oxygen atoms in total. The number of carbonyl (C=O) groups is 3. The summed E-state index contributed by atoms with van der Waals surface area (Å²) in [6, 6.07) is 5.05. The maximum absolute atomic E-state index is 12.5. The smallest absolute Gasteiger partial charge is 0.406 e. The molecule has 1 heterocycles. The van der Waals surface area contributed by atoms with Gasteiger partial charge in [-0.3, -0.25) is 14.4 Å². The van der Waals surface area contributed by atoms with Crippen molar-refractivity contribution in [2.75, 3.05) is 24.5 Å². The normalized spacial score (nSPS) is 17.0. The number of alkyl halides is 3. The van der Waals surface area contributed by atoms with E-state index in [0.29, 0.717) is 0 Å². The van der Waals surface area contributed by atoms with Gasteiger partial charge in [0.1, 0.15) is 11.7 Å². The van der Waals surface area contributed by atoms with Gasteiger partial charge >= 0.3 is 6.36 Å². The third kappa shape index (κ3) is 5.86. The van der Waals surface area contributed by atoms with E-state index in [-0.39, 0.29) is 43.6 Å². The Kier molecular flexibility index (Phi) is 6.87. The minimum Gasteiger partial charge on any atom is -0.406 e. The van der Waals surface area contributed by atoms with Crippen LogP contribution >= 0.6 is 0 Å². The maximum Gasteiger partial charge on any atom is 0.573 e. The number of hydrogen-bond donors (Lipinski definition) is 2. The number of amides is 3. The Morgan fingerprint density at radius 1 is 1.25 bits per heavy atom. The lowest BCUT2D eigenvalue weighted by Gasteiger charge is -2.18. The van der Waals surface area contributed by atoms with E-state index in [1.54, 1.807) is 13.8 Å². The Balaban J connectivity index is 1.91. The van der Waals surface area contributed by atoms with Gasteiger partial charge in [0, 0.05) is 37.3 Å². The third-order valence-corrected chi connectivity index (χ3v) is 4.13. The maximum atomic E-state index is 12.5. The predicted molar refractivity (Wildman–Crippen MR) is 94.4 cm³/mol. The molecule has 3 amide bonds. The van der Waals surface area contributed by atoms with Crippen LogP contribution in [-0.4, -0.2) is 43.7 Å². The van der Waals surface area contributed by atoms with Gasteiger partial charge in [-0.25, -0.2) is 0 Å². The van der Waals surface area contributed by atoms with Gasteiger partial charge in [-0.2, -0.15) is 0 Å². The predicted octanol–water partition coefficient (Wildman–Crippen LogP) is 1.83. The van der Waals surface area contributed by atoms with Crippen LogP contribution in [0.15, 0.2) is 24.3 Å². The van der Waals surface area contributed by atoms with Crippen molar-refractivity contribution in [3.63, 3.8) is 0 Å². The quantitative estimate of drug-likeness (QED) is 0.539. The zero-order valence-corrected chi connectivity index (χ0v) is 15.5. The van der Waals surface area contributed by atoms with Crippen LogP contribution in [0.4, 0.5) is 18.9 Å². The number of nitrogens with one attached hydrogen (secondary N) is 2. The Bertz CT molecular complexity index is 737. The van der Waals surface area contributed by atoms with Gasteiger partial charge in [0.2, 0.25) is 17.7 Å². The van der Waals surface area contributed by atoms with Crippen LogP contribution in [0.2, 0.25) is 0 Å². The molecule has 0 aliphatic carbocycles. The zero-order valence-electron chi connectivity index (χ0n) is 15.5. The largest absolute Gasteiger partial charge is 0.573 e. The number of nitrogens with zero attached hydrogens (tertiary/aromatic N) is 1. The lowest BCUT2D eigenvalue weighted by molar-refractivity contribution is -0.274. The highest BCUT2D eigenvalue weighted by Gasteiger charge is 2.38. The molecule has 0 unspecified atom stereocenters. The summed E-state index contributed by atoms with van der Waals surface area (Å²) in [5.74, 6) is -2.64. The first-order valence-electron chi connectivity index (χ1n) is 8.81. The molecule has 0 spiro atoms. The van der Waals surface area contributed by atoms with Crippen LogP contribution in [0, 0.1) is 11.8 Å². The van der Waals surface area contributed by atoms with E-state index in [1.165, 1.54) is 17.0 Å². The Morgan fingerprint density at radius 3 is 2.57 bits per heavy atom. The second-order valence-corrected chi connectivity index (χ2v) is 6.61. The molecule has 2 N–H and O–H groups in total. The summed E-state index contributed by atoms with van der Waals surface area (Å²) in [6.07, 6.45) is -4.59. The summed E-state index contributed by atoms with van der Waals surface area (Å²) in [4.78, 5) is 37.4. The average Bonchev–Trinajstić information content (AvgIpc) is 2.98. The molecule has 154 valence electrons. The van der Waals surface area contributed by atoms with Gasteiger partial charge in [-0.15, -0.1) is 13.2 Å². The first kappa shape index (κ1) is 21.5.